The van der Waals surface area contributed by atoms with Gasteiger partial charge in [0, 0.05) is 10.6 Å². The standard InChI is InChI=1S/C25H24N2O5S/c1-17-11-13-18(14-12-17)26-24(29)16-33-22-10-6-3-7-19(22)25(30)32-15-23(28)27-20-8-4-5-9-21(20)31-2/h3-14H,15-16H2,1-2H3,(H,26,29)(H,27,28). The van der Waals surface area contributed by atoms with Crippen LogP contribution in [0.15, 0.2) is 77.7 Å². The van der Waals surface area contributed by atoms with Crippen molar-refractivity contribution in [2.24, 2.45) is 0 Å². The van der Waals surface area contributed by atoms with Gasteiger partial charge in [0.25, 0.3) is 5.91 Å². The summed E-state index contributed by atoms with van der Waals surface area (Å²) in [6, 6.07) is 21.2. The van der Waals surface area contributed by atoms with Crippen LogP contribution in [0.5, 0.6) is 5.75 Å². The molecule has 0 spiro atoms. The van der Waals surface area contributed by atoms with Crippen molar-refractivity contribution >= 4 is 40.9 Å². The Labute approximate surface area is 196 Å². The minimum Gasteiger partial charge on any atom is -0.495 e. The fourth-order valence-electron chi connectivity index (χ4n) is 2.88. The number of hydrogen-bond acceptors (Lipinski definition) is 6. The summed E-state index contributed by atoms with van der Waals surface area (Å²) >= 11 is 1.22. The minimum absolute atomic E-state index is 0.118. The highest BCUT2D eigenvalue weighted by Crippen LogP contribution is 2.25. The summed E-state index contributed by atoms with van der Waals surface area (Å²) in [6.07, 6.45) is 0. The van der Waals surface area contributed by atoms with Crippen LogP contribution in [0.2, 0.25) is 0 Å². The molecule has 8 heteroatoms. The number of rotatable bonds is 9. The molecule has 2 N–H and O–H groups in total. The van der Waals surface area contributed by atoms with Crippen molar-refractivity contribution < 1.29 is 23.9 Å². The Kier molecular flexibility index (Phi) is 8.49. The van der Waals surface area contributed by atoms with Gasteiger partial charge < -0.3 is 20.1 Å². The number of nitrogens with one attached hydrogen (secondary N) is 2. The van der Waals surface area contributed by atoms with Crippen LogP contribution in [0.25, 0.3) is 0 Å². The van der Waals surface area contributed by atoms with Crippen LogP contribution in [-0.4, -0.2) is 37.3 Å². The molecule has 3 aromatic carbocycles. The molecule has 0 atom stereocenters. The summed E-state index contributed by atoms with van der Waals surface area (Å²) in [5, 5.41) is 5.47. The van der Waals surface area contributed by atoms with Gasteiger partial charge in [-0.25, -0.2) is 4.79 Å². The molecule has 0 aromatic heterocycles. The van der Waals surface area contributed by atoms with Gasteiger partial charge in [-0.3, -0.25) is 9.59 Å². The number of aryl methyl sites for hydroxylation is 1. The van der Waals surface area contributed by atoms with Crippen LogP contribution in [-0.2, 0) is 14.3 Å². The van der Waals surface area contributed by atoms with Crippen LogP contribution in [0, 0.1) is 6.92 Å². The number of benzene rings is 3. The third kappa shape index (κ3) is 7.11. The van der Waals surface area contributed by atoms with Gasteiger partial charge >= 0.3 is 5.97 Å². The van der Waals surface area contributed by atoms with E-state index >= 15 is 0 Å². The van der Waals surface area contributed by atoms with E-state index < -0.39 is 18.5 Å². The minimum atomic E-state index is -0.646. The normalized spacial score (nSPS) is 10.2. The van der Waals surface area contributed by atoms with E-state index in [1.165, 1.54) is 18.9 Å². The number of anilines is 2. The molecular formula is C25H24N2O5S. The number of para-hydroxylation sites is 2. The summed E-state index contributed by atoms with van der Waals surface area (Å²) in [5.74, 6) is -0.708. The van der Waals surface area contributed by atoms with Crippen molar-refractivity contribution in [2.75, 3.05) is 30.1 Å². The predicted molar refractivity (Wildman–Crippen MR) is 129 cm³/mol. The maximum Gasteiger partial charge on any atom is 0.339 e. The SMILES string of the molecule is COc1ccccc1NC(=O)COC(=O)c1ccccc1SCC(=O)Nc1ccc(C)cc1. The molecule has 2 amide bonds. The Morgan fingerprint density at radius 1 is 0.848 bits per heavy atom. The van der Waals surface area contributed by atoms with E-state index in [9.17, 15) is 14.4 Å². The maximum absolute atomic E-state index is 12.6. The lowest BCUT2D eigenvalue weighted by atomic mass is 10.2. The zero-order valence-corrected chi connectivity index (χ0v) is 19.1. The van der Waals surface area contributed by atoms with Crippen LogP contribution in [0.1, 0.15) is 15.9 Å². The Morgan fingerprint density at radius 2 is 1.55 bits per heavy atom. The van der Waals surface area contributed by atoms with Gasteiger partial charge in [0.15, 0.2) is 6.61 Å². The summed E-state index contributed by atoms with van der Waals surface area (Å²) in [4.78, 5) is 37.7. The van der Waals surface area contributed by atoms with E-state index in [2.05, 4.69) is 10.6 Å². The average Bonchev–Trinajstić information content (AvgIpc) is 2.83. The fraction of sp³-hybridized carbons (Fsp3) is 0.160. The van der Waals surface area contributed by atoms with Crippen molar-refractivity contribution in [3.05, 3.63) is 83.9 Å². The van der Waals surface area contributed by atoms with E-state index in [0.29, 0.717) is 22.0 Å². The van der Waals surface area contributed by atoms with E-state index in [1.54, 1.807) is 48.5 Å². The quantitative estimate of drug-likeness (QED) is 0.357. The second-order valence-corrected chi connectivity index (χ2v) is 8.04. The first-order valence-electron chi connectivity index (χ1n) is 10.1. The molecule has 0 bridgehead atoms. The highest BCUT2D eigenvalue weighted by Gasteiger charge is 2.16. The Morgan fingerprint density at radius 3 is 2.30 bits per heavy atom. The summed E-state index contributed by atoms with van der Waals surface area (Å²) < 4.78 is 10.4. The lowest BCUT2D eigenvalue weighted by molar-refractivity contribution is -0.119. The van der Waals surface area contributed by atoms with Crippen LogP contribution >= 0.6 is 11.8 Å². The smallest absolute Gasteiger partial charge is 0.339 e. The second-order valence-electron chi connectivity index (χ2n) is 7.02. The van der Waals surface area contributed by atoms with Crippen LogP contribution in [0.4, 0.5) is 11.4 Å². The lowest BCUT2D eigenvalue weighted by Gasteiger charge is -2.11. The van der Waals surface area contributed by atoms with Crippen LogP contribution in [0.3, 0.4) is 0 Å². The topological polar surface area (TPSA) is 93.7 Å². The van der Waals surface area contributed by atoms with Crippen molar-refractivity contribution in [1.82, 2.24) is 0 Å². The molecule has 0 saturated heterocycles. The number of carbonyl (C=O) groups excluding carboxylic acids is 3. The van der Waals surface area contributed by atoms with E-state index in [0.717, 1.165) is 5.56 Å². The third-order valence-electron chi connectivity index (χ3n) is 4.52. The Hall–Kier alpha value is -3.78. The lowest BCUT2D eigenvalue weighted by Crippen LogP contribution is -2.21. The first-order valence-corrected chi connectivity index (χ1v) is 11.1. The number of hydrogen-bond donors (Lipinski definition) is 2. The average molecular weight is 465 g/mol. The molecule has 0 heterocycles. The molecule has 0 unspecified atom stereocenters. The van der Waals surface area contributed by atoms with E-state index in [1.807, 2.05) is 31.2 Å². The number of ether oxygens (including phenoxy) is 2. The van der Waals surface area contributed by atoms with Gasteiger partial charge in [-0.2, -0.15) is 0 Å². The molecular weight excluding hydrogens is 440 g/mol. The van der Waals surface area contributed by atoms with Crippen molar-refractivity contribution in [1.29, 1.82) is 0 Å². The maximum atomic E-state index is 12.6. The second kappa shape index (κ2) is 11.7. The summed E-state index contributed by atoms with van der Waals surface area (Å²) in [7, 11) is 1.50. The van der Waals surface area contributed by atoms with Crippen LogP contribution < -0.4 is 15.4 Å². The molecule has 0 aliphatic carbocycles. The molecule has 0 fully saturated rings. The third-order valence-corrected chi connectivity index (χ3v) is 5.59. The molecule has 0 radical (unpaired) electrons. The van der Waals surface area contributed by atoms with Crippen molar-refractivity contribution in [3.8, 4) is 5.75 Å². The summed E-state index contributed by atoms with van der Waals surface area (Å²) in [5.41, 5.74) is 2.58. The molecule has 3 aromatic rings. The molecule has 7 nitrogen and oxygen atoms in total. The summed E-state index contributed by atoms with van der Waals surface area (Å²) in [6.45, 7) is 1.52. The van der Waals surface area contributed by atoms with E-state index in [-0.39, 0.29) is 17.2 Å². The Bertz CT molecular complexity index is 1130. The molecule has 0 aliphatic rings. The molecule has 170 valence electrons. The van der Waals surface area contributed by atoms with Gasteiger partial charge in [0.1, 0.15) is 5.75 Å². The molecule has 0 aliphatic heterocycles. The number of thioether (sulfide) groups is 1. The van der Waals surface area contributed by atoms with Gasteiger partial charge in [-0.05, 0) is 43.3 Å². The Balaban J connectivity index is 1.54. The van der Waals surface area contributed by atoms with Gasteiger partial charge in [0.2, 0.25) is 5.91 Å². The number of amides is 2. The monoisotopic (exact) mass is 464 g/mol. The number of carbonyl (C=O) groups is 3. The van der Waals surface area contributed by atoms with Crippen molar-refractivity contribution in [3.63, 3.8) is 0 Å². The molecule has 33 heavy (non-hydrogen) atoms. The fourth-order valence-corrected chi connectivity index (χ4v) is 3.72. The first kappa shape index (κ1) is 23.9. The largest absolute Gasteiger partial charge is 0.495 e. The number of esters is 1. The van der Waals surface area contributed by atoms with Gasteiger partial charge in [0.05, 0.1) is 24.1 Å². The van der Waals surface area contributed by atoms with Gasteiger partial charge in [-0.15, -0.1) is 11.8 Å². The predicted octanol–water partition coefficient (Wildman–Crippen LogP) is 4.53. The van der Waals surface area contributed by atoms with E-state index in [4.69, 9.17) is 9.47 Å². The number of methoxy groups -OCH3 is 1. The molecule has 3 rings (SSSR count). The highest BCUT2D eigenvalue weighted by molar-refractivity contribution is 8.00. The van der Waals surface area contributed by atoms with Crippen molar-refractivity contribution in [2.45, 2.75) is 11.8 Å². The first-order chi connectivity index (χ1) is 16.0. The highest BCUT2D eigenvalue weighted by atomic mass is 32.2. The molecule has 0 saturated carbocycles. The zero-order chi connectivity index (χ0) is 23.6. The van der Waals surface area contributed by atoms with Gasteiger partial charge in [-0.1, -0.05) is 42.0 Å². The zero-order valence-electron chi connectivity index (χ0n) is 18.3.